The number of pyridine rings is 1. The number of alkyl halides is 2. The molecule has 0 amide bonds. The molecule has 8 nitrogen and oxygen atoms in total. The van der Waals surface area contributed by atoms with E-state index < -0.39 is 24.4 Å². The van der Waals surface area contributed by atoms with Gasteiger partial charge in [-0.1, -0.05) is 28.0 Å². The van der Waals surface area contributed by atoms with Crippen LogP contribution >= 0.6 is 11.6 Å². The lowest BCUT2D eigenvalue weighted by Gasteiger charge is -2.18. The summed E-state index contributed by atoms with van der Waals surface area (Å²) in [5.74, 6) is -1.45. The molecule has 3 heterocycles. The van der Waals surface area contributed by atoms with Crippen molar-refractivity contribution >= 4 is 17.3 Å². The number of nitrogens with zero attached hydrogens (tertiary/aromatic N) is 6. The van der Waals surface area contributed by atoms with Crippen molar-refractivity contribution in [3.05, 3.63) is 65.3 Å². The summed E-state index contributed by atoms with van der Waals surface area (Å²) in [5, 5.41) is 11.2. The van der Waals surface area contributed by atoms with Gasteiger partial charge in [0.05, 0.1) is 29.6 Å². The topological polar surface area (TPSA) is 96.7 Å². The largest absolute Gasteiger partial charge is 0.398 e. The van der Waals surface area contributed by atoms with Gasteiger partial charge in [-0.05, 0) is 24.6 Å². The summed E-state index contributed by atoms with van der Waals surface area (Å²) in [6.07, 6.45) is 4.41. The van der Waals surface area contributed by atoms with Crippen molar-refractivity contribution in [3.8, 4) is 22.4 Å². The van der Waals surface area contributed by atoms with Crippen LogP contribution in [0.25, 0.3) is 22.4 Å². The number of nitrogen functional groups attached to an aromatic ring is 1. The van der Waals surface area contributed by atoms with Crippen LogP contribution in [0, 0.1) is 11.8 Å². The Morgan fingerprint density at radius 3 is 2.56 bits per heavy atom. The second-order valence-electron chi connectivity index (χ2n) is 7.29. The maximum Gasteiger partial charge on any atom is 0.345 e. The van der Waals surface area contributed by atoms with Crippen molar-refractivity contribution in [2.75, 3.05) is 12.3 Å². The number of halogens is 5. The predicted molar refractivity (Wildman–Crippen MR) is 116 cm³/mol. The fourth-order valence-corrected chi connectivity index (χ4v) is 3.72. The third-order valence-electron chi connectivity index (χ3n) is 5.16. The molecule has 0 bridgehead atoms. The normalized spacial score (nSPS) is 12.4. The van der Waals surface area contributed by atoms with E-state index in [1.54, 1.807) is 12.1 Å². The van der Waals surface area contributed by atoms with Crippen molar-refractivity contribution in [1.29, 1.82) is 0 Å². The Kier molecular flexibility index (Phi) is 6.80. The first-order valence-corrected chi connectivity index (χ1v) is 10.3. The number of hydrogen-bond acceptors (Lipinski definition) is 6. The zero-order valence-corrected chi connectivity index (χ0v) is 18.4. The molecule has 0 saturated heterocycles. The van der Waals surface area contributed by atoms with E-state index in [1.165, 1.54) is 47.1 Å². The molecule has 0 spiro atoms. The van der Waals surface area contributed by atoms with Crippen LogP contribution in [0.4, 0.5) is 23.2 Å². The lowest BCUT2D eigenvalue weighted by molar-refractivity contribution is -0.130. The Hall–Kier alpha value is -3.51. The number of rotatable bonds is 8. The van der Waals surface area contributed by atoms with E-state index in [-0.39, 0.29) is 35.0 Å². The third-order valence-corrected chi connectivity index (χ3v) is 5.45. The zero-order valence-electron chi connectivity index (χ0n) is 17.7. The van der Waals surface area contributed by atoms with Crippen LogP contribution in [0.5, 0.6) is 0 Å². The van der Waals surface area contributed by atoms with Gasteiger partial charge in [0.2, 0.25) is 0 Å². The maximum absolute atomic E-state index is 14.5. The molecular weight excluding hydrogens is 478 g/mol. The number of nitrogens with two attached hydrogens (primary N) is 1. The monoisotopic (exact) mass is 495 g/mol. The quantitative estimate of drug-likeness (QED) is 0.286. The van der Waals surface area contributed by atoms with Crippen LogP contribution in [-0.4, -0.2) is 43.0 Å². The molecule has 178 valence electrons. The molecule has 34 heavy (non-hydrogen) atoms. The first kappa shape index (κ1) is 23.6. The zero-order chi connectivity index (χ0) is 24.4. The van der Waals surface area contributed by atoms with Gasteiger partial charge < -0.3 is 10.5 Å². The van der Waals surface area contributed by atoms with Crippen LogP contribution in [0.3, 0.4) is 0 Å². The summed E-state index contributed by atoms with van der Waals surface area (Å²) >= 11 is 5.87. The summed E-state index contributed by atoms with van der Waals surface area (Å²) < 4.78 is 60.7. The molecule has 4 rings (SSSR count). The smallest absolute Gasteiger partial charge is 0.345 e. The van der Waals surface area contributed by atoms with Gasteiger partial charge in [-0.2, -0.15) is 18.3 Å². The van der Waals surface area contributed by atoms with Gasteiger partial charge in [0.25, 0.3) is 5.95 Å². The average molecular weight is 496 g/mol. The number of aromatic nitrogens is 6. The molecule has 0 saturated carbocycles. The van der Waals surface area contributed by atoms with Crippen LogP contribution in [0.2, 0.25) is 5.02 Å². The van der Waals surface area contributed by atoms with E-state index in [0.717, 1.165) is 0 Å². The Labute approximate surface area is 195 Å². The minimum atomic E-state index is -2.94. The summed E-state index contributed by atoms with van der Waals surface area (Å²) in [6.45, 7) is -3.23. The van der Waals surface area contributed by atoms with Gasteiger partial charge >= 0.3 is 6.61 Å². The maximum atomic E-state index is 14.5. The molecule has 0 radical (unpaired) electrons. The fourth-order valence-electron chi connectivity index (χ4n) is 3.56. The van der Waals surface area contributed by atoms with Crippen molar-refractivity contribution in [3.63, 3.8) is 0 Å². The lowest BCUT2D eigenvalue weighted by Crippen LogP contribution is -2.16. The van der Waals surface area contributed by atoms with Gasteiger partial charge in [-0.3, -0.25) is 9.67 Å². The van der Waals surface area contributed by atoms with Gasteiger partial charge in [0.15, 0.2) is 5.82 Å². The Morgan fingerprint density at radius 1 is 1.12 bits per heavy atom. The van der Waals surface area contributed by atoms with Crippen molar-refractivity contribution < 1.29 is 22.3 Å². The average Bonchev–Trinajstić information content (AvgIpc) is 3.40. The van der Waals surface area contributed by atoms with Crippen LogP contribution in [0.1, 0.15) is 18.2 Å². The highest BCUT2D eigenvalue weighted by Crippen LogP contribution is 2.33. The molecule has 1 atom stereocenters. The second kappa shape index (κ2) is 9.77. The molecule has 0 aliphatic rings. The highest BCUT2D eigenvalue weighted by Gasteiger charge is 2.21. The van der Waals surface area contributed by atoms with E-state index in [2.05, 4.69) is 25.1 Å². The van der Waals surface area contributed by atoms with Crippen molar-refractivity contribution in [2.24, 2.45) is 7.05 Å². The van der Waals surface area contributed by atoms with Crippen LogP contribution in [-0.2, 0) is 11.8 Å². The molecule has 4 aromatic rings. The molecule has 0 aliphatic heterocycles. The summed E-state index contributed by atoms with van der Waals surface area (Å²) in [4.78, 5) is 4.38. The van der Waals surface area contributed by atoms with Crippen molar-refractivity contribution in [1.82, 2.24) is 29.8 Å². The van der Waals surface area contributed by atoms with E-state index in [9.17, 15) is 17.6 Å². The summed E-state index contributed by atoms with van der Waals surface area (Å²) in [6, 6.07) is 5.37. The first-order chi connectivity index (χ1) is 16.3. The molecule has 13 heteroatoms. The molecule has 1 aromatic carbocycles. The Balaban J connectivity index is 1.68. The molecular formula is C21H18ClF4N7O. The van der Waals surface area contributed by atoms with Gasteiger partial charge in [0.1, 0.15) is 5.69 Å². The minimum Gasteiger partial charge on any atom is -0.398 e. The predicted octanol–water partition coefficient (Wildman–Crippen LogP) is 4.47. The second-order valence-corrected chi connectivity index (χ2v) is 7.70. The molecule has 2 N–H and O–H groups in total. The molecule has 3 aromatic heterocycles. The Bertz CT molecular complexity index is 1270. The van der Waals surface area contributed by atoms with E-state index in [1.807, 2.05) is 0 Å². The molecule has 1 unspecified atom stereocenters. The molecule has 0 fully saturated rings. The number of benzene rings is 1. The summed E-state index contributed by atoms with van der Waals surface area (Å²) in [5.41, 5.74) is 7.50. The number of anilines is 1. The highest BCUT2D eigenvalue weighted by atomic mass is 35.5. The van der Waals surface area contributed by atoms with Crippen molar-refractivity contribution in [2.45, 2.75) is 19.1 Å². The van der Waals surface area contributed by atoms with E-state index in [4.69, 9.17) is 17.3 Å². The SMILES string of the molecule is Cn1nnc(F)c1-c1cnn(C(CCOC(F)F)c2ccc(-c3c(N)ccc(Cl)c3F)cn2)c1. The minimum absolute atomic E-state index is 0.0809. The van der Waals surface area contributed by atoms with Gasteiger partial charge in [-0.25, -0.2) is 9.07 Å². The van der Waals surface area contributed by atoms with E-state index >= 15 is 0 Å². The Morgan fingerprint density at radius 2 is 1.91 bits per heavy atom. The standard InChI is InChI=1S/C21H18ClF4N7O/c1-32-19(20(24)30-31-32)12-9-29-33(10-12)16(6-7-34-21(25)26)15-5-2-11(8-28-15)17-14(27)4-3-13(22)18(17)23/h2-5,8-10,16,21H,6-7,27H2,1H3. The fraction of sp³-hybridized carbons (Fsp3) is 0.238. The lowest BCUT2D eigenvalue weighted by atomic mass is 10.0. The summed E-state index contributed by atoms with van der Waals surface area (Å²) in [7, 11) is 1.53. The van der Waals surface area contributed by atoms with Gasteiger partial charge in [0, 0.05) is 41.8 Å². The van der Waals surface area contributed by atoms with Crippen LogP contribution < -0.4 is 5.73 Å². The highest BCUT2D eigenvalue weighted by molar-refractivity contribution is 6.31. The molecule has 0 aliphatic carbocycles. The number of aryl methyl sites for hydroxylation is 1. The van der Waals surface area contributed by atoms with E-state index in [0.29, 0.717) is 16.8 Å². The third kappa shape index (κ3) is 4.73. The van der Waals surface area contributed by atoms with Gasteiger partial charge in [-0.15, -0.1) is 0 Å². The number of ether oxygens (including phenoxy) is 1. The van der Waals surface area contributed by atoms with Crippen LogP contribution in [0.15, 0.2) is 42.9 Å². The number of hydrogen-bond donors (Lipinski definition) is 1. The first-order valence-electron chi connectivity index (χ1n) is 9.95.